The minimum absolute atomic E-state index is 0.135. The molecule has 0 aliphatic carbocycles. The number of nitrogens with one attached hydrogen (secondary N) is 1. The van der Waals surface area contributed by atoms with Crippen molar-refractivity contribution in [2.24, 2.45) is 0 Å². The second-order valence-corrected chi connectivity index (χ2v) is 8.44. The molecule has 6 nitrogen and oxygen atoms in total. The van der Waals surface area contributed by atoms with Crippen molar-refractivity contribution in [3.05, 3.63) is 79.1 Å². The number of H-pyrrole nitrogens is 1. The van der Waals surface area contributed by atoms with Crippen LogP contribution in [0.4, 0.5) is 5.69 Å². The van der Waals surface area contributed by atoms with Gasteiger partial charge in [-0.25, -0.2) is 4.98 Å². The first kappa shape index (κ1) is 19.5. The van der Waals surface area contributed by atoms with E-state index in [4.69, 9.17) is 0 Å². The fourth-order valence-electron chi connectivity index (χ4n) is 4.82. The number of nitrogens with zero attached hydrogens (tertiary/aromatic N) is 3. The Bertz CT molecular complexity index is 1430. The minimum Gasteiger partial charge on any atom is -0.503 e. The van der Waals surface area contributed by atoms with Gasteiger partial charge >= 0.3 is 0 Å². The van der Waals surface area contributed by atoms with Crippen LogP contribution in [0.3, 0.4) is 0 Å². The molecule has 2 aromatic heterocycles. The number of rotatable bonds is 4. The fourth-order valence-corrected chi connectivity index (χ4v) is 4.82. The summed E-state index contributed by atoms with van der Waals surface area (Å²) in [5, 5.41) is 22.2. The van der Waals surface area contributed by atoms with Crippen molar-refractivity contribution in [2.75, 3.05) is 18.0 Å². The van der Waals surface area contributed by atoms with Crippen LogP contribution in [0.15, 0.2) is 79.1 Å². The summed E-state index contributed by atoms with van der Waals surface area (Å²) in [5.74, 6) is -0.323. The Labute approximate surface area is 191 Å². The quantitative estimate of drug-likeness (QED) is 0.338. The van der Waals surface area contributed by atoms with Crippen molar-refractivity contribution in [3.63, 3.8) is 0 Å². The highest BCUT2D eigenvalue weighted by Crippen LogP contribution is 2.48. The van der Waals surface area contributed by atoms with Crippen LogP contribution in [0.5, 0.6) is 11.6 Å². The van der Waals surface area contributed by atoms with Crippen LogP contribution in [0.2, 0.25) is 0 Å². The molecule has 164 valence electrons. The third kappa shape index (κ3) is 3.22. The molecular formula is C27H24N4O2. The van der Waals surface area contributed by atoms with Crippen LogP contribution in [0, 0.1) is 0 Å². The van der Waals surface area contributed by atoms with Gasteiger partial charge in [0, 0.05) is 18.8 Å². The molecule has 0 radical (unpaired) electrons. The Morgan fingerprint density at radius 2 is 1.52 bits per heavy atom. The zero-order valence-corrected chi connectivity index (χ0v) is 18.1. The Balaban J connectivity index is 1.58. The van der Waals surface area contributed by atoms with Gasteiger partial charge in [0.25, 0.3) is 0 Å². The van der Waals surface area contributed by atoms with Crippen LogP contribution in [0.1, 0.15) is 12.8 Å². The maximum Gasteiger partial charge on any atom is 0.240 e. The smallest absolute Gasteiger partial charge is 0.240 e. The van der Waals surface area contributed by atoms with E-state index in [1.807, 2.05) is 48.5 Å². The number of anilines is 1. The molecule has 3 aromatic carbocycles. The third-order valence-corrected chi connectivity index (χ3v) is 6.46. The van der Waals surface area contributed by atoms with E-state index in [0.717, 1.165) is 46.6 Å². The number of fused-ring (bicyclic) bond motifs is 1. The lowest BCUT2D eigenvalue weighted by Crippen LogP contribution is -2.17. The molecule has 1 aliphatic rings. The molecule has 1 saturated heterocycles. The number of hydrogen-bond donors (Lipinski definition) is 3. The van der Waals surface area contributed by atoms with Gasteiger partial charge in [0.1, 0.15) is 0 Å². The molecule has 0 atom stereocenters. The van der Waals surface area contributed by atoms with Crippen molar-refractivity contribution in [3.8, 4) is 39.7 Å². The maximum atomic E-state index is 11.1. The summed E-state index contributed by atoms with van der Waals surface area (Å²) in [7, 11) is 0. The molecule has 1 aliphatic heterocycles. The number of imidazole rings is 1. The molecule has 0 spiro atoms. The van der Waals surface area contributed by atoms with Gasteiger partial charge < -0.3 is 20.1 Å². The second-order valence-electron chi connectivity index (χ2n) is 8.44. The average molecular weight is 437 g/mol. The summed E-state index contributed by atoms with van der Waals surface area (Å²) < 4.78 is 1.71. The van der Waals surface area contributed by atoms with E-state index in [0.29, 0.717) is 5.56 Å². The summed E-state index contributed by atoms with van der Waals surface area (Å²) in [6, 6.07) is 23.8. The molecule has 0 amide bonds. The van der Waals surface area contributed by atoms with E-state index >= 15 is 0 Å². The van der Waals surface area contributed by atoms with E-state index < -0.39 is 0 Å². The highest BCUT2D eigenvalue weighted by atomic mass is 16.3. The predicted molar refractivity (Wildman–Crippen MR) is 131 cm³/mol. The molecule has 0 saturated carbocycles. The Hall–Kier alpha value is -4.19. The van der Waals surface area contributed by atoms with Gasteiger partial charge in [-0.1, -0.05) is 42.5 Å². The zero-order chi connectivity index (χ0) is 22.4. The van der Waals surface area contributed by atoms with Crippen molar-refractivity contribution < 1.29 is 10.2 Å². The van der Waals surface area contributed by atoms with Crippen LogP contribution in [-0.4, -0.2) is 37.8 Å². The molecule has 3 N–H and O–H groups in total. The second kappa shape index (κ2) is 7.74. The van der Waals surface area contributed by atoms with Crippen molar-refractivity contribution in [2.45, 2.75) is 12.8 Å². The first-order chi connectivity index (χ1) is 16.2. The third-order valence-electron chi connectivity index (χ3n) is 6.46. The van der Waals surface area contributed by atoms with Gasteiger partial charge in [-0.2, -0.15) is 0 Å². The highest BCUT2D eigenvalue weighted by Gasteiger charge is 2.26. The van der Waals surface area contributed by atoms with E-state index in [2.05, 4.69) is 39.1 Å². The largest absolute Gasteiger partial charge is 0.503 e. The zero-order valence-electron chi connectivity index (χ0n) is 18.1. The lowest BCUT2D eigenvalue weighted by atomic mass is 10.00. The molecular weight excluding hydrogens is 412 g/mol. The number of aromatic amines is 1. The summed E-state index contributed by atoms with van der Waals surface area (Å²) in [4.78, 5) is 9.81. The van der Waals surface area contributed by atoms with Crippen LogP contribution < -0.4 is 4.90 Å². The minimum atomic E-state index is -0.189. The Kier molecular flexibility index (Phi) is 4.57. The lowest BCUT2D eigenvalue weighted by molar-refractivity contribution is 0.388. The first-order valence-corrected chi connectivity index (χ1v) is 11.2. The highest BCUT2D eigenvalue weighted by molar-refractivity contribution is 5.91. The average Bonchev–Trinajstić information content (AvgIpc) is 3.60. The topological polar surface area (TPSA) is 77.3 Å². The number of aromatic hydroxyl groups is 2. The maximum absolute atomic E-state index is 11.1. The SMILES string of the molecule is Oc1c(-c2ccccc2)c(-c2ccc(N3CCCC3)cc2)n(-c2ccc3nc[nH]c3c2)c1O. The summed E-state index contributed by atoms with van der Waals surface area (Å²) in [5.41, 5.74) is 6.73. The van der Waals surface area contributed by atoms with E-state index in [9.17, 15) is 10.2 Å². The number of hydrogen-bond acceptors (Lipinski definition) is 4. The number of aromatic nitrogens is 3. The van der Waals surface area contributed by atoms with Crippen LogP contribution in [0.25, 0.3) is 39.1 Å². The van der Waals surface area contributed by atoms with Crippen molar-refractivity contribution in [1.82, 2.24) is 14.5 Å². The molecule has 0 bridgehead atoms. The molecule has 33 heavy (non-hydrogen) atoms. The van der Waals surface area contributed by atoms with Crippen LogP contribution >= 0.6 is 0 Å². The molecule has 5 aromatic rings. The van der Waals surface area contributed by atoms with E-state index in [-0.39, 0.29) is 11.6 Å². The van der Waals surface area contributed by atoms with Crippen molar-refractivity contribution >= 4 is 16.7 Å². The fraction of sp³-hybridized carbons (Fsp3) is 0.148. The predicted octanol–water partition coefficient (Wildman–Crippen LogP) is 5.70. The first-order valence-electron chi connectivity index (χ1n) is 11.2. The van der Waals surface area contributed by atoms with Crippen molar-refractivity contribution in [1.29, 1.82) is 0 Å². The molecule has 6 heteroatoms. The van der Waals surface area contributed by atoms with Gasteiger partial charge in [-0.15, -0.1) is 0 Å². The van der Waals surface area contributed by atoms with E-state index in [1.165, 1.54) is 18.5 Å². The Morgan fingerprint density at radius 1 is 0.788 bits per heavy atom. The van der Waals surface area contributed by atoms with Gasteiger partial charge in [0.15, 0.2) is 5.75 Å². The normalized spacial score (nSPS) is 13.8. The van der Waals surface area contributed by atoms with E-state index in [1.54, 1.807) is 10.9 Å². The monoisotopic (exact) mass is 436 g/mol. The Morgan fingerprint density at radius 3 is 2.27 bits per heavy atom. The van der Waals surface area contributed by atoms with Gasteiger partial charge in [-0.05, 0) is 54.3 Å². The molecule has 3 heterocycles. The summed E-state index contributed by atoms with van der Waals surface area (Å²) in [6.45, 7) is 2.16. The lowest BCUT2D eigenvalue weighted by Gasteiger charge is -2.18. The summed E-state index contributed by atoms with van der Waals surface area (Å²) >= 11 is 0. The van der Waals surface area contributed by atoms with Gasteiger partial charge in [0.05, 0.1) is 34.3 Å². The standard InChI is InChI=1S/C27H24N4O2/c32-26-24(18-6-2-1-3-7-18)25(19-8-10-20(11-9-19)30-14-4-5-15-30)31(27(26)33)21-12-13-22-23(16-21)29-17-28-22/h1-3,6-13,16-17,32-33H,4-5,14-15H2,(H,28,29). The molecule has 1 fully saturated rings. The summed E-state index contributed by atoms with van der Waals surface area (Å²) in [6.07, 6.45) is 4.09. The van der Waals surface area contributed by atoms with Gasteiger partial charge in [0.2, 0.25) is 5.88 Å². The van der Waals surface area contributed by atoms with Crippen LogP contribution in [-0.2, 0) is 0 Å². The molecule has 0 unspecified atom stereocenters. The van der Waals surface area contributed by atoms with Gasteiger partial charge in [-0.3, -0.25) is 4.57 Å². The molecule has 6 rings (SSSR count). The number of benzene rings is 3.